The Hall–Kier alpha value is -1.39. The molecule has 0 aliphatic carbocycles. The Morgan fingerprint density at radius 1 is 1.00 bits per heavy atom. The van der Waals surface area contributed by atoms with Crippen LogP contribution >= 0.6 is 23.5 Å². The van der Waals surface area contributed by atoms with E-state index in [1.807, 2.05) is 54.8 Å². The molecule has 0 bridgehead atoms. The van der Waals surface area contributed by atoms with Crippen LogP contribution in [-0.4, -0.2) is 24.9 Å². The van der Waals surface area contributed by atoms with E-state index in [0.29, 0.717) is 5.75 Å². The van der Waals surface area contributed by atoms with Crippen molar-refractivity contribution < 1.29 is 9.53 Å². The number of methoxy groups -OCH3 is 1. The van der Waals surface area contributed by atoms with Crippen molar-refractivity contribution in [3.05, 3.63) is 54.1 Å². The quantitative estimate of drug-likeness (QED) is 0.584. The molecule has 0 aromatic heterocycles. The van der Waals surface area contributed by atoms with Gasteiger partial charge in [-0.15, -0.1) is 23.5 Å². The Balaban J connectivity index is 1.93. The molecular formula is C16H16O2S2. The van der Waals surface area contributed by atoms with E-state index >= 15 is 0 Å². The number of thioether (sulfide) groups is 2. The monoisotopic (exact) mass is 304 g/mol. The Bertz CT molecular complexity index is 562. The van der Waals surface area contributed by atoms with Crippen molar-refractivity contribution >= 4 is 29.3 Å². The molecule has 2 rings (SSSR count). The summed E-state index contributed by atoms with van der Waals surface area (Å²) >= 11 is 3.22. The molecule has 0 N–H and O–H groups in total. The van der Waals surface area contributed by atoms with Crippen LogP contribution in [0.5, 0.6) is 5.75 Å². The van der Waals surface area contributed by atoms with Crippen molar-refractivity contribution in [2.45, 2.75) is 9.79 Å². The van der Waals surface area contributed by atoms with Crippen LogP contribution in [0.1, 0.15) is 10.4 Å². The summed E-state index contributed by atoms with van der Waals surface area (Å²) in [6.07, 6.45) is 2.02. The van der Waals surface area contributed by atoms with Gasteiger partial charge in [0.2, 0.25) is 0 Å². The lowest BCUT2D eigenvalue weighted by Crippen LogP contribution is -2.01. The second-order valence-electron chi connectivity index (χ2n) is 4.12. The second kappa shape index (κ2) is 7.41. The average Bonchev–Trinajstić information content (AvgIpc) is 2.53. The summed E-state index contributed by atoms with van der Waals surface area (Å²) < 4.78 is 5.11. The van der Waals surface area contributed by atoms with Gasteiger partial charge in [0.25, 0.3) is 0 Å². The molecule has 2 nitrogen and oxygen atoms in total. The van der Waals surface area contributed by atoms with Crippen LogP contribution < -0.4 is 4.74 Å². The predicted molar refractivity (Wildman–Crippen MR) is 86.3 cm³/mol. The third-order valence-electron chi connectivity index (χ3n) is 2.84. The molecule has 0 aliphatic rings. The maximum atomic E-state index is 12.1. The van der Waals surface area contributed by atoms with E-state index in [2.05, 4.69) is 0 Å². The van der Waals surface area contributed by atoms with Crippen LogP contribution in [0.4, 0.5) is 0 Å². The number of ether oxygens (including phenoxy) is 1. The van der Waals surface area contributed by atoms with Gasteiger partial charge in [-0.25, -0.2) is 0 Å². The summed E-state index contributed by atoms with van der Waals surface area (Å²) in [5.74, 6) is 1.43. The number of hydrogen-bond acceptors (Lipinski definition) is 4. The zero-order valence-electron chi connectivity index (χ0n) is 11.5. The van der Waals surface area contributed by atoms with Crippen molar-refractivity contribution in [3.63, 3.8) is 0 Å². The molecule has 0 saturated heterocycles. The fraction of sp³-hybridized carbons (Fsp3) is 0.188. The summed E-state index contributed by atoms with van der Waals surface area (Å²) in [4.78, 5) is 14.3. The zero-order valence-corrected chi connectivity index (χ0v) is 13.1. The fourth-order valence-electron chi connectivity index (χ4n) is 1.68. The number of hydrogen-bond donors (Lipinski definition) is 0. The van der Waals surface area contributed by atoms with Crippen LogP contribution in [0.3, 0.4) is 0 Å². The molecule has 104 valence electrons. The summed E-state index contributed by atoms with van der Waals surface area (Å²) in [7, 11) is 1.64. The topological polar surface area (TPSA) is 26.3 Å². The highest BCUT2D eigenvalue weighted by atomic mass is 32.2. The van der Waals surface area contributed by atoms with Gasteiger partial charge in [0.15, 0.2) is 5.78 Å². The highest BCUT2D eigenvalue weighted by Crippen LogP contribution is 2.22. The van der Waals surface area contributed by atoms with Gasteiger partial charge < -0.3 is 4.74 Å². The normalized spacial score (nSPS) is 10.3. The van der Waals surface area contributed by atoms with Gasteiger partial charge in [0.05, 0.1) is 12.9 Å². The van der Waals surface area contributed by atoms with Crippen LogP contribution in [0, 0.1) is 0 Å². The second-order valence-corrected chi connectivity index (χ2v) is 6.04. The highest BCUT2D eigenvalue weighted by molar-refractivity contribution is 8.00. The first-order valence-corrected chi connectivity index (χ1v) is 8.38. The zero-order chi connectivity index (χ0) is 14.4. The smallest absolute Gasteiger partial charge is 0.173 e. The lowest BCUT2D eigenvalue weighted by Gasteiger charge is -2.04. The number of rotatable bonds is 6. The number of carbonyl (C=O) groups is 1. The Labute approximate surface area is 127 Å². The van der Waals surface area contributed by atoms with Crippen LogP contribution in [0.25, 0.3) is 0 Å². The summed E-state index contributed by atoms with van der Waals surface area (Å²) in [6.45, 7) is 0. The van der Waals surface area contributed by atoms with E-state index in [1.165, 1.54) is 4.90 Å². The van der Waals surface area contributed by atoms with E-state index < -0.39 is 0 Å². The largest absolute Gasteiger partial charge is 0.497 e. The first-order chi connectivity index (χ1) is 9.72. The van der Waals surface area contributed by atoms with Crippen LogP contribution in [-0.2, 0) is 0 Å². The maximum absolute atomic E-state index is 12.1. The molecule has 0 amide bonds. The average molecular weight is 304 g/mol. The highest BCUT2D eigenvalue weighted by Gasteiger charge is 2.06. The minimum Gasteiger partial charge on any atom is -0.497 e. The molecule has 0 unspecified atom stereocenters. The predicted octanol–water partition coefficient (Wildman–Crippen LogP) is 4.39. The van der Waals surface area contributed by atoms with E-state index in [1.54, 1.807) is 30.6 Å². The lowest BCUT2D eigenvalue weighted by atomic mass is 10.1. The first kappa shape index (κ1) is 15.0. The number of carbonyl (C=O) groups excluding carboxylic acids is 1. The van der Waals surface area contributed by atoms with Crippen molar-refractivity contribution in [1.82, 2.24) is 0 Å². The molecule has 0 radical (unpaired) electrons. The summed E-state index contributed by atoms with van der Waals surface area (Å²) in [5.41, 5.74) is 0.767. The van der Waals surface area contributed by atoms with Crippen molar-refractivity contribution in [1.29, 1.82) is 0 Å². The SMILES string of the molecule is COc1ccc(SCC(=O)c2ccc(SC)cc2)cc1. The minimum atomic E-state index is 0.151. The fourth-order valence-corrected chi connectivity index (χ4v) is 2.88. The van der Waals surface area contributed by atoms with Crippen LogP contribution in [0.15, 0.2) is 58.3 Å². The molecule has 0 saturated carbocycles. The van der Waals surface area contributed by atoms with Gasteiger partial charge in [-0.3, -0.25) is 4.79 Å². The van der Waals surface area contributed by atoms with Gasteiger partial charge in [-0.05, 0) is 42.7 Å². The van der Waals surface area contributed by atoms with Crippen molar-refractivity contribution in [2.24, 2.45) is 0 Å². The maximum Gasteiger partial charge on any atom is 0.173 e. The standard InChI is InChI=1S/C16H16O2S2/c1-18-13-5-9-15(10-6-13)20-11-16(17)12-3-7-14(19-2)8-4-12/h3-10H,11H2,1-2H3. The van der Waals surface area contributed by atoms with E-state index in [-0.39, 0.29) is 5.78 Å². The molecule has 4 heteroatoms. The summed E-state index contributed by atoms with van der Waals surface area (Å²) in [5, 5.41) is 0. The van der Waals surface area contributed by atoms with E-state index in [4.69, 9.17) is 4.74 Å². The minimum absolute atomic E-state index is 0.151. The number of Topliss-reactive ketones (excluding diaryl/α,β-unsaturated/α-hetero) is 1. The molecular weight excluding hydrogens is 288 g/mol. The number of ketones is 1. The molecule has 20 heavy (non-hydrogen) atoms. The Morgan fingerprint density at radius 2 is 1.60 bits per heavy atom. The Morgan fingerprint density at radius 3 is 2.15 bits per heavy atom. The number of benzene rings is 2. The lowest BCUT2D eigenvalue weighted by molar-refractivity contribution is 0.102. The van der Waals surface area contributed by atoms with Gasteiger partial charge >= 0.3 is 0 Å². The molecule has 0 fully saturated rings. The third-order valence-corrected chi connectivity index (χ3v) is 4.60. The van der Waals surface area contributed by atoms with Gasteiger partial charge in [0, 0.05) is 15.4 Å². The summed E-state index contributed by atoms with van der Waals surface area (Å²) in [6, 6.07) is 15.5. The van der Waals surface area contributed by atoms with Gasteiger partial charge in [-0.2, -0.15) is 0 Å². The van der Waals surface area contributed by atoms with Crippen LogP contribution in [0.2, 0.25) is 0 Å². The molecule has 2 aromatic carbocycles. The molecule has 0 spiro atoms. The van der Waals surface area contributed by atoms with E-state index in [0.717, 1.165) is 16.2 Å². The van der Waals surface area contributed by atoms with E-state index in [9.17, 15) is 4.79 Å². The molecule has 0 heterocycles. The molecule has 2 aromatic rings. The molecule has 0 atom stereocenters. The van der Waals surface area contributed by atoms with Gasteiger partial charge in [-0.1, -0.05) is 12.1 Å². The van der Waals surface area contributed by atoms with Crippen molar-refractivity contribution in [2.75, 3.05) is 19.1 Å². The van der Waals surface area contributed by atoms with Gasteiger partial charge in [0.1, 0.15) is 5.75 Å². The Kier molecular flexibility index (Phi) is 5.56. The molecule has 0 aliphatic heterocycles. The first-order valence-electron chi connectivity index (χ1n) is 6.17. The third kappa shape index (κ3) is 4.05. The van der Waals surface area contributed by atoms with Crippen molar-refractivity contribution in [3.8, 4) is 5.75 Å².